The van der Waals surface area contributed by atoms with E-state index in [0.29, 0.717) is 12.5 Å². The van der Waals surface area contributed by atoms with Gasteiger partial charge in [-0.1, -0.05) is 13.3 Å². The van der Waals surface area contributed by atoms with E-state index in [1.54, 1.807) is 6.92 Å². The maximum Gasteiger partial charge on any atom is 0.217 e. The first-order valence-corrected chi connectivity index (χ1v) is 4.59. The summed E-state index contributed by atoms with van der Waals surface area (Å²) in [5.41, 5.74) is 0. The highest BCUT2D eigenvalue weighted by molar-refractivity contribution is 5.73. The third-order valence-electron chi connectivity index (χ3n) is 2.41. The van der Waals surface area contributed by atoms with Crippen LogP contribution >= 0.6 is 0 Å². The molecule has 0 aromatic rings. The van der Waals surface area contributed by atoms with Gasteiger partial charge < -0.3 is 10.1 Å². The Balaban J connectivity index is 2.41. The van der Waals surface area contributed by atoms with Crippen LogP contribution in [-0.4, -0.2) is 25.2 Å². The van der Waals surface area contributed by atoms with E-state index in [-0.39, 0.29) is 11.9 Å². The molecular formula is C9H17NO2. The summed E-state index contributed by atoms with van der Waals surface area (Å²) < 4.78 is 5.30. The van der Waals surface area contributed by atoms with E-state index in [1.165, 1.54) is 0 Å². The van der Waals surface area contributed by atoms with Gasteiger partial charge in [0, 0.05) is 13.5 Å². The first-order chi connectivity index (χ1) is 5.74. The van der Waals surface area contributed by atoms with Gasteiger partial charge >= 0.3 is 0 Å². The Kier molecular flexibility index (Phi) is 3.53. The number of hydrogen-bond acceptors (Lipinski definition) is 2. The topological polar surface area (TPSA) is 38.3 Å². The average molecular weight is 171 g/mol. The molecule has 0 spiro atoms. The van der Waals surface area contributed by atoms with Crippen LogP contribution < -0.4 is 5.32 Å². The first-order valence-electron chi connectivity index (χ1n) is 4.59. The molecule has 1 aliphatic heterocycles. The lowest BCUT2D eigenvalue weighted by molar-refractivity contribution is -0.121. The fourth-order valence-corrected chi connectivity index (χ4v) is 1.69. The van der Waals surface area contributed by atoms with Crippen molar-refractivity contribution in [1.29, 1.82) is 0 Å². The molecule has 1 N–H and O–H groups in total. The van der Waals surface area contributed by atoms with Crippen LogP contribution in [0.4, 0.5) is 0 Å². The smallest absolute Gasteiger partial charge is 0.217 e. The molecule has 0 aromatic heterocycles. The predicted octanol–water partition coefficient (Wildman–Crippen LogP) is 0.938. The van der Waals surface area contributed by atoms with Crippen LogP contribution in [0.15, 0.2) is 0 Å². The van der Waals surface area contributed by atoms with Gasteiger partial charge in [-0.05, 0) is 12.3 Å². The van der Waals surface area contributed by atoms with Gasteiger partial charge in [-0.2, -0.15) is 0 Å². The van der Waals surface area contributed by atoms with Gasteiger partial charge in [0.05, 0.1) is 12.6 Å². The van der Waals surface area contributed by atoms with E-state index in [4.69, 9.17) is 4.74 Å². The second kappa shape index (κ2) is 4.45. The zero-order chi connectivity index (χ0) is 8.97. The van der Waals surface area contributed by atoms with Crippen LogP contribution in [0.25, 0.3) is 0 Å². The van der Waals surface area contributed by atoms with E-state index in [2.05, 4.69) is 12.2 Å². The summed E-state index contributed by atoms with van der Waals surface area (Å²) in [6.07, 6.45) is 2.19. The van der Waals surface area contributed by atoms with Crippen molar-refractivity contribution in [1.82, 2.24) is 5.32 Å². The minimum atomic E-state index is 0.0453. The van der Waals surface area contributed by atoms with Crippen LogP contribution in [0.1, 0.15) is 26.7 Å². The maximum absolute atomic E-state index is 10.8. The normalized spacial score (nSPS) is 29.8. The van der Waals surface area contributed by atoms with Gasteiger partial charge in [0.15, 0.2) is 0 Å². The second-order valence-electron chi connectivity index (χ2n) is 3.34. The van der Waals surface area contributed by atoms with Crippen LogP contribution in [0.2, 0.25) is 0 Å². The summed E-state index contributed by atoms with van der Waals surface area (Å²) in [6.45, 7) is 5.23. The summed E-state index contributed by atoms with van der Waals surface area (Å²) in [5.74, 6) is 0.645. The third kappa shape index (κ3) is 2.48. The number of nitrogens with one attached hydrogen (secondary N) is 1. The van der Waals surface area contributed by atoms with Crippen molar-refractivity contribution in [3.05, 3.63) is 0 Å². The standard InChI is InChI=1S/C9H17NO2/c1-3-8-4-5-12-6-9(8)10-7(2)11/h8-9H,3-6H2,1-2H3,(H,10,11). The highest BCUT2D eigenvalue weighted by Crippen LogP contribution is 2.18. The maximum atomic E-state index is 10.8. The fraction of sp³-hybridized carbons (Fsp3) is 0.889. The molecule has 1 aliphatic rings. The van der Waals surface area contributed by atoms with E-state index in [9.17, 15) is 4.79 Å². The Bertz CT molecular complexity index is 159. The molecule has 2 unspecified atom stereocenters. The zero-order valence-electron chi connectivity index (χ0n) is 7.80. The lowest BCUT2D eigenvalue weighted by Gasteiger charge is -2.31. The Morgan fingerprint density at radius 3 is 3.00 bits per heavy atom. The molecule has 0 bridgehead atoms. The lowest BCUT2D eigenvalue weighted by Crippen LogP contribution is -2.45. The molecule has 70 valence electrons. The van der Waals surface area contributed by atoms with Gasteiger partial charge in [0.2, 0.25) is 5.91 Å². The van der Waals surface area contributed by atoms with Gasteiger partial charge in [-0.25, -0.2) is 0 Å². The fourth-order valence-electron chi connectivity index (χ4n) is 1.69. The monoisotopic (exact) mass is 171 g/mol. The van der Waals surface area contributed by atoms with Crippen molar-refractivity contribution >= 4 is 5.91 Å². The average Bonchev–Trinajstić information content (AvgIpc) is 2.04. The molecule has 12 heavy (non-hydrogen) atoms. The molecule has 3 heteroatoms. The third-order valence-corrected chi connectivity index (χ3v) is 2.41. The van der Waals surface area contributed by atoms with Crippen molar-refractivity contribution in [2.24, 2.45) is 5.92 Å². The molecule has 0 aromatic carbocycles. The van der Waals surface area contributed by atoms with Crippen LogP contribution in [0, 0.1) is 5.92 Å². The molecule has 1 heterocycles. The van der Waals surface area contributed by atoms with Gasteiger partial charge in [0.25, 0.3) is 0 Å². The van der Waals surface area contributed by atoms with Gasteiger partial charge in [0.1, 0.15) is 0 Å². The molecule has 0 aliphatic carbocycles. The Hall–Kier alpha value is -0.570. The predicted molar refractivity (Wildman–Crippen MR) is 46.8 cm³/mol. The largest absolute Gasteiger partial charge is 0.379 e. The van der Waals surface area contributed by atoms with E-state index in [0.717, 1.165) is 19.4 Å². The summed E-state index contributed by atoms with van der Waals surface area (Å²) in [7, 11) is 0. The molecule has 0 saturated carbocycles. The molecule has 2 atom stereocenters. The Morgan fingerprint density at radius 2 is 2.42 bits per heavy atom. The van der Waals surface area contributed by atoms with E-state index in [1.807, 2.05) is 0 Å². The molecular weight excluding hydrogens is 154 g/mol. The number of ether oxygens (including phenoxy) is 1. The van der Waals surface area contributed by atoms with Crippen LogP contribution in [0.3, 0.4) is 0 Å². The van der Waals surface area contributed by atoms with Crippen molar-refractivity contribution in [2.45, 2.75) is 32.7 Å². The highest BCUT2D eigenvalue weighted by Gasteiger charge is 2.24. The number of amides is 1. The van der Waals surface area contributed by atoms with Crippen molar-refractivity contribution < 1.29 is 9.53 Å². The van der Waals surface area contributed by atoms with Crippen molar-refractivity contribution in [2.75, 3.05) is 13.2 Å². The molecule has 1 fully saturated rings. The molecule has 1 amide bonds. The quantitative estimate of drug-likeness (QED) is 0.671. The summed E-state index contributed by atoms with van der Waals surface area (Å²) >= 11 is 0. The molecule has 3 nitrogen and oxygen atoms in total. The highest BCUT2D eigenvalue weighted by atomic mass is 16.5. The van der Waals surface area contributed by atoms with Crippen LogP contribution in [-0.2, 0) is 9.53 Å². The summed E-state index contributed by atoms with van der Waals surface area (Å²) in [4.78, 5) is 10.8. The van der Waals surface area contributed by atoms with Gasteiger partial charge in [-0.3, -0.25) is 4.79 Å². The van der Waals surface area contributed by atoms with E-state index >= 15 is 0 Å². The van der Waals surface area contributed by atoms with Crippen LogP contribution in [0.5, 0.6) is 0 Å². The number of carbonyl (C=O) groups is 1. The number of carbonyl (C=O) groups excluding carboxylic acids is 1. The van der Waals surface area contributed by atoms with Crippen molar-refractivity contribution in [3.63, 3.8) is 0 Å². The minimum absolute atomic E-state index is 0.0453. The minimum Gasteiger partial charge on any atom is -0.379 e. The molecule has 0 radical (unpaired) electrons. The Labute approximate surface area is 73.5 Å². The molecule has 1 rings (SSSR count). The lowest BCUT2D eigenvalue weighted by atomic mass is 9.92. The SMILES string of the molecule is CCC1CCOCC1NC(C)=O. The molecule has 1 saturated heterocycles. The number of hydrogen-bond donors (Lipinski definition) is 1. The Morgan fingerprint density at radius 1 is 1.67 bits per heavy atom. The summed E-state index contributed by atoms with van der Waals surface area (Å²) in [5, 5.41) is 2.92. The zero-order valence-corrected chi connectivity index (χ0v) is 7.80. The number of rotatable bonds is 2. The van der Waals surface area contributed by atoms with E-state index < -0.39 is 0 Å². The van der Waals surface area contributed by atoms with Crippen molar-refractivity contribution in [3.8, 4) is 0 Å². The summed E-state index contributed by atoms with van der Waals surface area (Å²) in [6, 6.07) is 0.237. The second-order valence-corrected chi connectivity index (χ2v) is 3.34. The first kappa shape index (κ1) is 9.52. The van der Waals surface area contributed by atoms with Gasteiger partial charge in [-0.15, -0.1) is 0 Å².